The van der Waals surface area contributed by atoms with Crippen molar-refractivity contribution >= 4 is 0 Å². The van der Waals surface area contributed by atoms with Crippen molar-refractivity contribution in [1.82, 2.24) is 0 Å². The lowest BCUT2D eigenvalue weighted by atomic mass is 10.1. The summed E-state index contributed by atoms with van der Waals surface area (Å²) in [6.07, 6.45) is 2.09. The molecule has 2 aromatic carbocycles. The molecule has 0 bridgehead atoms. The number of methoxy groups -OCH3 is 1. The van der Waals surface area contributed by atoms with Crippen molar-refractivity contribution < 1.29 is 9.47 Å². The van der Waals surface area contributed by atoms with Crippen LogP contribution in [0.5, 0.6) is 11.5 Å². The van der Waals surface area contributed by atoms with E-state index in [1.165, 1.54) is 11.1 Å². The van der Waals surface area contributed by atoms with Crippen molar-refractivity contribution in [1.29, 1.82) is 0 Å². The molecule has 1 aliphatic rings. The van der Waals surface area contributed by atoms with Crippen molar-refractivity contribution in [3.63, 3.8) is 0 Å². The van der Waals surface area contributed by atoms with Crippen LogP contribution in [0.4, 0.5) is 0 Å². The van der Waals surface area contributed by atoms with Crippen molar-refractivity contribution in [2.45, 2.75) is 25.5 Å². The van der Waals surface area contributed by atoms with Crippen LogP contribution >= 0.6 is 0 Å². The quantitative estimate of drug-likeness (QED) is 0.927. The van der Waals surface area contributed by atoms with Gasteiger partial charge in [0, 0.05) is 6.04 Å². The Labute approximate surface area is 119 Å². The lowest BCUT2D eigenvalue weighted by Gasteiger charge is -2.10. The van der Waals surface area contributed by atoms with Crippen LogP contribution in [0.1, 0.15) is 29.2 Å². The van der Waals surface area contributed by atoms with Gasteiger partial charge < -0.3 is 15.2 Å². The molecule has 3 nitrogen and oxygen atoms in total. The van der Waals surface area contributed by atoms with Crippen LogP contribution in [0.3, 0.4) is 0 Å². The van der Waals surface area contributed by atoms with Gasteiger partial charge in [-0.15, -0.1) is 0 Å². The molecule has 0 heterocycles. The third kappa shape index (κ3) is 2.63. The summed E-state index contributed by atoms with van der Waals surface area (Å²) in [5.74, 6) is 1.77. The zero-order valence-corrected chi connectivity index (χ0v) is 11.6. The average molecular weight is 269 g/mol. The van der Waals surface area contributed by atoms with Crippen LogP contribution in [0.2, 0.25) is 0 Å². The van der Waals surface area contributed by atoms with E-state index in [0.717, 1.165) is 29.9 Å². The molecule has 20 heavy (non-hydrogen) atoms. The highest BCUT2D eigenvalue weighted by Gasteiger charge is 2.18. The fourth-order valence-electron chi connectivity index (χ4n) is 2.61. The maximum atomic E-state index is 6.04. The van der Waals surface area contributed by atoms with Gasteiger partial charge in [0.1, 0.15) is 18.1 Å². The van der Waals surface area contributed by atoms with Crippen LogP contribution in [0.15, 0.2) is 42.5 Å². The van der Waals surface area contributed by atoms with Crippen LogP contribution in [0.25, 0.3) is 0 Å². The lowest BCUT2D eigenvalue weighted by Crippen LogP contribution is -2.05. The first-order valence-corrected chi connectivity index (χ1v) is 6.90. The first kappa shape index (κ1) is 13.0. The summed E-state index contributed by atoms with van der Waals surface area (Å²) in [5.41, 5.74) is 9.75. The van der Waals surface area contributed by atoms with Gasteiger partial charge in [-0.2, -0.15) is 0 Å². The number of fused-ring (bicyclic) bond motifs is 1. The van der Waals surface area contributed by atoms with Crippen LogP contribution in [-0.2, 0) is 13.0 Å². The normalized spacial score (nSPS) is 16.8. The second-order valence-corrected chi connectivity index (χ2v) is 5.14. The number of rotatable bonds is 4. The molecule has 2 aromatic rings. The Morgan fingerprint density at radius 3 is 2.60 bits per heavy atom. The third-order valence-electron chi connectivity index (χ3n) is 3.80. The monoisotopic (exact) mass is 269 g/mol. The van der Waals surface area contributed by atoms with Crippen LogP contribution in [-0.4, -0.2) is 7.11 Å². The molecule has 0 saturated heterocycles. The Morgan fingerprint density at radius 2 is 1.85 bits per heavy atom. The number of ether oxygens (including phenoxy) is 2. The zero-order valence-electron chi connectivity index (χ0n) is 11.6. The molecule has 0 saturated carbocycles. The van der Waals surface area contributed by atoms with Gasteiger partial charge >= 0.3 is 0 Å². The highest BCUT2D eigenvalue weighted by molar-refractivity contribution is 5.40. The van der Waals surface area contributed by atoms with Gasteiger partial charge in [0.05, 0.1) is 7.11 Å². The fourth-order valence-corrected chi connectivity index (χ4v) is 2.61. The molecule has 0 aliphatic heterocycles. The largest absolute Gasteiger partial charge is 0.497 e. The molecule has 3 rings (SSSR count). The summed E-state index contributed by atoms with van der Waals surface area (Å²) in [7, 11) is 1.67. The van der Waals surface area contributed by atoms with E-state index in [2.05, 4.69) is 12.1 Å². The van der Waals surface area contributed by atoms with Crippen LogP contribution < -0.4 is 15.2 Å². The van der Waals surface area contributed by atoms with Gasteiger partial charge in [-0.05, 0) is 53.8 Å². The van der Waals surface area contributed by atoms with E-state index in [9.17, 15) is 0 Å². The standard InChI is InChI=1S/C17H19NO2/c1-19-14-5-2-12(3-6-14)11-20-15-7-8-16-13(10-15)4-9-17(16)18/h2-3,5-8,10,17H,4,9,11,18H2,1H3/t17-/m1/s1. The van der Waals surface area contributed by atoms with E-state index in [4.69, 9.17) is 15.2 Å². The van der Waals surface area contributed by atoms with Crippen LogP contribution in [0, 0.1) is 0 Å². The van der Waals surface area contributed by atoms with E-state index in [0.29, 0.717) is 6.61 Å². The van der Waals surface area contributed by atoms with Crippen molar-refractivity contribution in [2.24, 2.45) is 5.73 Å². The molecule has 0 spiro atoms. The van der Waals surface area contributed by atoms with Crippen molar-refractivity contribution in [3.05, 3.63) is 59.2 Å². The Kier molecular flexibility index (Phi) is 3.61. The molecule has 0 radical (unpaired) electrons. The molecular formula is C17H19NO2. The minimum atomic E-state index is 0.195. The number of hydrogen-bond acceptors (Lipinski definition) is 3. The number of benzene rings is 2. The summed E-state index contributed by atoms with van der Waals surface area (Å²) in [5, 5.41) is 0. The van der Waals surface area contributed by atoms with E-state index in [1.807, 2.05) is 30.3 Å². The topological polar surface area (TPSA) is 44.5 Å². The Balaban J connectivity index is 1.66. The minimum absolute atomic E-state index is 0.195. The molecule has 0 unspecified atom stereocenters. The number of hydrogen-bond donors (Lipinski definition) is 1. The van der Waals surface area contributed by atoms with Gasteiger partial charge in [0.15, 0.2) is 0 Å². The maximum absolute atomic E-state index is 6.04. The van der Waals surface area contributed by atoms with Crippen molar-refractivity contribution in [2.75, 3.05) is 7.11 Å². The second kappa shape index (κ2) is 5.55. The third-order valence-corrected chi connectivity index (χ3v) is 3.80. The van der Waals surface area contributed by atoms with Gasteiger partial charge in [-0.25, -0.2) is 0 Å². The molecule has 0 fully saturated rings. The molecule has 104 valence electrons. The molecule has 2 N–H and O–H groups in total. The number of nitrogens with two attached hydrogens (primary N) is 1. The predicted octanol–water partition coefficient (Wildman–Crippen LogP) is 3.22. The van der Waals surface area contributed by atoms with E-state index < -0.39 is 0 Å². The van der Waals surface area contributed by atoms with Gasteiger partial charge in [-0.1, -0.05) is 18.2 Å². The molecule has 1 atom stereocenters. The Hall–Kier alpha value is -2.00. The summed E-state index contributed by atoms with van der Waals surface area (Å²) in [4.78, 5) is 0. The summed E-state index contributed by atoms with van der Waals surface area (Å²) in [6.45, 7) is 0.564. The number of aryl methyl sites for hydroxylation is 1. The van der Waals surface area contributed by atoms with E-state index >= 15 is 0 Å². The molecule has 1 aliphatic carbocycles. The van der Waals surface area contributed by atoms with Crippen molar-refractivity contribution in [3.8, 4) is 11.5 Å². The molecule has 0 amide bonds. The molecule has 3 heteroatoms. The first-order chi connectivity index (χ1) is 9.76. The SMILES string of the molecule is COc1ccc(COc2ccc3c(c2)CC[C@H]3N)cc1. The van der Waals surface area contributed by atoms with Gasteiger partial charge in [0.2, 0.25) is 0 Å². The average Bonchev–Trinajstić information content (AvgIpc) is 2.87. The first-order valence-electron chi connectivity index (χ1n) is 6.90. The maximum Gasteiger partial charge on any atom is 0.120 e. The fraction of sp³-hybridized carbons (Fsp3) is 0.294. The Bertz CT molecular complexity index is 592. The highest BCUT2D eigenvalue weighted by atomic mass is 16.5. The zero-order chi connectivity index (χ0) is 13.9. The minimum Gasteiger partial charge on any atom is -0.497 e. The summed E-state index contributed by atoms with van der Waals surface area (Å²) < 4.78 is 11.0. The highest BCUT2D eigenvalue weighted by Crippen LogP contribution is 2.32. The second-order valence-electron chi connectivity index (χ2n) is 5.14. The summed E-state index contributed by atoms with van der Waals surface area (Å²) in [6, 6.07) is 14.3. The van der Waals surface area contributed by atoms with Gasteiger partial charge in [-0.3, -0.25) is 0 Å². The summed E-state index contributed by atoms with van der Waals surface area (Å²) >= 11 is 0. The molecular weight excluding hydrogens is 250 g/mol. The van der Waals surface area contributed by atoms with E-state index in [-0.39, 0.29) is 6.04 Å². The Morgan fingerprint density at radius 1 is 1.10 bits per heavy atom. The lowest BCUT2D eigenvalue weighted by molar-refractivity contribution is 0.305. The smallest absolute Gasteiger partial charge is 0.120 e. The van der Waals surface area contributed by atoms with Gasteiger partial charge in [0.25, 0.3) is 0 Å². The molecule has 0 aromatic heterocycles. The predicted molar refractivity (Wildman–Crippen MR) is 79.0 cm³/mol. The van der Waals surface area contributed by atoms with E-state index in [1.54, 1.807) is 7.11 Å².